The summed E-state index contributed by atoms with van der Waals surface area (Å²) in [5, 5.41) is 8.87. The minimum Gasteiger partial charge on any atom is -0.481 e. The van der Waals surface area contributed by atoms with Gasteiger partial charge in [0.05, 0.1) is 6.42 Å². The first-order chi connectivity index (χ1) is 10.0. The van der Waals surface area contributed by atoms with Crippen LogP contribution in [0.2, 0.25) is 0 Å². The summed E-state index contributed by atoms with van der Waals surface area (Å²) >= 11 is 0. The fraction of sp³-hybridized carbons (Fsp3) is 0.235. The molecular formula is C17H18FNO2. The minimum atomic E-state index is -0.842. The molecule has 0 radical (unpaired) electrons. The molecule has 2 aromatic carbocycles. The number of nitrogens with zero attached hydrogens (tertiary/aromatic N) is 1. The Morgan fingerprint density at radius 3 is 2.29 bits per heavy atom. The molecule has 21 heavy (non-hydrogen) atoms. The van der Waals surface area contributed by atoms with E-state index in [0.717, 1.165) is 11.3 Å². The molecule has 110 valence electrons. The van der Waals surface area contributed by atoms with Gasteiger partial charge in [0.1, 0.15) is 5.82 Å². The van der Waals surface area contributed by atoms with Gasteiger partial charge in [-0.15, -0.1) is 0 Å². The number of hydrogen-bond donors (Lipinski definition) is 1. The normalized spacial score (nSPS) is 10.4. The highest BCUT2D eigenvalue weighted by molar-refractivity contribution is 5.67. The number of hydrogen-bond acceptors (Lipinski definition) is 2. The number of aliphatic carboxylic acids is 1. The third kappa shape index (κ3) is 4.60. The van der Waals surface area contributed by atoms with Crippen LogP contribution in [-0.2, 0) is 11.3 Å². The number of halogens is 1. The molecule has 0 saturated carbocycles. The number of carboxylic acids is 1. The van der Waals surface area contributed by atoms with Crippen molar-refractivity contribution in [3.63, 3.8) is 0 Å². The van der Waals surface area contributed by atoms with Crippen molar-refractivity contribution in [2.45, 2.75) is 19.9 Å². The lowest BCUT2D eigenvalue weighted by Crippen LogP contribution is -2.25. The number of carboxylic acid groups (broad SMARTS) is 1. The maximum Gasteiger partial charge on any atom is 0.305 e. The summed E-state index contributed by atoms with van der Waals surface area (Å²) < 4.78 is 13.0. The number of aryl methyl sites for hydroxylation is 1. The molecule has 0 fully saturated rings. The first-order valence-electron chi connectivity index (χ1n) is 6.82. The van der Waals surface area contributed by atoms with Gasteiger partial charge in [0, 0.05) is 18.8 Å². The molecule has 4 heteroatoms. The van der Waals surface area contributed by atoms with Crippen LogP contribution in [-0.4, -0.2) is 17.6 Å². The molecule has 0 bridgehead atoms. The van der Waals surface area contributed by atoms with E-state index in [0.29, 0.717) is 13.1 Å². The van der Waals surface area contributed by atoms with E-state index in [-0.39, 0.29) is 12.2 Å². The third-order valence-corrected chi connectivity index (χ3v) is 3.28. The van der Waals surface area contributed by atoms with Crippen LogP contribution >= 0.6 is 0 Å². The Labute approximate surface area is 123 Å². The Bertz CT molecular complexity index is 593. The van der Waals surface area contributed by atoms with Crippen LogP contribution in [0.4, 0.5) is 10.1 Å². The number of carbonyl (C=O) groups is 1. The van der Waals surface area contributed by atoms with Crippen LogP contribution in [0.1, 0.15) is 17.5 Å². The summed E-state index contributed by atoms with van der Waals surface area (Å²) in [7, 11) is 0. The summed E-state index contributed by atoms with van der Waals surface area (Å²) in [6, 6.07) is 14.2. The Balaban J connectivity index is 2.16. The summed E-state index contributed by atoms with van der Waals surface area (Å²) in [6.07, 6.45) is 0.0449. The molecule has 0 amide bonds. The van der Waals surface area contributed by atoms with E-state index in [1.54, 1.807) is 12.1 Å². The quantitative estimate of drug-likeness (QED) is 0.882. The van der Waals surface area contributed by atoms with Gasteiger partial charge in [-0.2, -0.15) is 0 Å². The number of anilines is 1. The molecule has 0 unspecified atom stereocenters. The topological polar surface area (TPSA) is 40.5 Å². The molecule has 3 nitrogen and oxygen atoms in total. The molecule has 0 aliphatic heterocycles. The molecule has 2 rings (SSSR count). The van der Waals surface area contributed by atoms with Crippen molar-refractivity contribution in [1.82, 2.24) is 0 Å². The first kappa shape index (κ1) is 15.0. The predicted octanol–water partition coefficient (Wildman–Crippen LogP) is 3.62. The lowest BCUT2D eigenvalue weighted by molar-refractivity contribution is -0.136. The van der Waals surface area contributed by atoms with Crippen LogP contribution in [0, 0.1) is 12.7 Å². The van der Waals surface area contributed by atoms with Crippen molar-refractivity contribution in [2.75, 3.05) is 11.4 Å². The molecule has 0 atom stereocenters. The van der Waals surface area contributed by atoms with Gasteiger partial charge < -0.3 is 10.0 Å². The van der Waals surface area contributed by atoms with Gasteiger partial charge in [-0.25, -0.2) is 4.39 Å². The molecule has 0 aliphatic carbocycles. The van der Waals surface area contributed by atoms with Crippen molar-refractivity contribution in [3.8, 4) is 0 Å². The van der Waals surface area contributed by atoms with Crippen LogP contribution in [0.25, 0.3) is 0 Å². The summed E-state index contributed by atoms with van der Waals surface area (Å²) in [6.45, 7) is 3.00. The average molecular weight is 287 g/mol. The Hall–Kier alpha value is -2.36. The Kier molecular flexibility index (Phi) is 4.93. The number of rotatable bonds is 6. The van der Waals surface area contributed by atoms with E-state index >= 15 is 0 Å². The lowest BCUT2D eigenvalue weighted by atomic mass is 10.1. The fourth-order valence-corrected chi connectivity index (χ4v) is 2.10. The summed E-state index contributed by atoms with van der Waals surface area (Å²) in [4.78, 5) is 12.7. The molecule has 0 saturated heterocycles. The smallest absolute Gasteiger partial charge is 0.305 e. The molecule has 2 aromatic rings. The van der Waals surface area contributed by atoms with Crippen molar-refractivity contribution < 1.29 is 14.3 Å². The molecule has 0 aliphatic rings. The van der Waals surface area contributed by atoms with Crippen LogP contribution in [0.15, 0.2) is 48.5 Å². The van der Waals surface area contributed by atoms with E-state index in [9.17, 15) is 9.18 Å². The monoisotopic (exact) mass is 287 g/mol. The molecular weight excluding hydrogens is 269 g/mol. The van der Waals surface area contributed by atoms with E-state index in [1.807, 2.05) is 36.1 Å². The van der Waals surface area contributed by atoms with Crippen molar-refractivity contribution in [3.05, 3.63) is 65.5 Å². The van der Waals surface area contributed by atoms with Gasteiger partial charge in [-0.05, 0) is 36.8 Å². The van der Waals surface area contributed by atoms with E-state index in [4.69, 9.17) is 5.11 Å². The minimum absolute atomic E-state index is 0.0449. The van der Waals surface area contributed by atoms with Gasteiger partial charge in [-0.3, -0.25) is 4.79 Å². The zero-order chi connectivity index (χ0) is 15.2. The zero-order valence-electron chi connectivity index (χ0n) is 11.9. The number of benzene rings is 2. The highest BCUT2D eigenvalue weighted by Crippen LogP contribution is 2.18. The molecule has 0 aromatic heterocycles. The molecule has 0 spiro atoms. The SMILES string of the molecule is Cc1ccc(CN(CCC(=O)O)c2ccc(F)cc2)cc1. The standard InChI is InChI=1S/C17H18FNO2/c1-13-2-4-14(5-3-13)12-19(11-10-17(20)21)16-8-6-15(18)7-9-16/h2-9H,10-12H2,1H3,(H,20,21). The van der Waals surface area contributed by atoms with Gasteiger partial charge in [0.25, 0.3) is 0 Å². The maximum atomic E-state index is 13.0. The third-order valence-electron chi connectivity index (χ3n) is 3.28. The Morgan fingerprint density at radius 1 is 1.10 bits per heavy atom. The highest BCUT2D eigenvalue weighted by Gasteiger charge is 2.10. The van der Waals surface area contributed by atoms with E-state index < -0.39 is 5.97 Å². The average Bonchev–Trinajstić information content (AvgIpc) is 2.46. The highest BCUT2D eigenvalue weighted by atomic mass is 19.1. The summed E-state index contributed by atoms with van der Waals surface area (Å²) in [5.41, 5.74) is 3.09. The van der Waals surface area contributed by atoms with E-state index in [1.165, 1.54) is 17.7 Å². The van der Waals surface area contributed by atoms with Gasteiger partial charge >= 0.3 is 5.97 Å². The van der Waals surface area contributed by atoms with Gasteiger partial charge in [0.15, 0.2) is 0 Å². The maximum absolute atomic E-state index is 13.0. The van der Waals surface area contributed by atoms with Crippen molar-refractivity contribution >= 4 is 11.7 Å². The van der Waals surface area contributed by atoms with Crippen LogP contribution < -0.4 is 4.90 Å². The molecule has 1 N–H and O–H groups in total. The van der Waals surface area contributed by atoms with Crippen LogP contribution in [0.3, 0.4) is 0 Å². The van der Waals surface area contributed by atoms with Crippen LogP contribution in [0.5, 0.6) is 0 Å². The molecule has 0 heterocycles. The lowest BCUT2D eigenvalue weighted by Gasteiger charge is -2.24. The first-order valence-corrected chi connectivity index (χ1v) is 6.82. The second-order valence-corrected chi connectivity index (χ2v) is 5.03. The zero-order valence-corrected chi connectivity index (χ0v) is 11.9. The predicted molar refractivity (Wildman–Crippen MR) is 80.9 cm³/mol. The van der Waals surface area contributed by atoms with Crippen molar-refractivity contribution in [1.29, 1.82) is 0 Å². The Morgan fingerprint density at radius 2 is 1.71 bits per heavy atom. The largest absolute Gasteiger partial charge is 0.481 e. The summed E-state index contributed by atoms with van der Waals surface area (Å²) in [5.74, 6) is -1.14. The van der Waals surface area contributed by atoms with E-state index in [2.05, 4.69) is 0 Å². The van der Waals surface area contributed by atoms with Gasteiger partial charge in [-0.1, -0.05) is 29.8 Å². The fourth-order valence-electron chi connectivity index (χ4n) is 2.10. The second-order valence-electron chi connectivity index (χ2n) is 5.03. The second kappa shape index (κ2) is 6.88. The van der Waals surface area contributed by atoms with Gasteiger partial charge in [0.2, 0.25) is 0 Å². The van der Waals surface area contributed by atoms with Crippen molar-refractivity contribution in [2.24, 2.45) is 0 Å².